The van der Waals surface area contributed by atoms with Gasteiger partial charge in [0.15, 0.2) is 11.6 Å². The highest BCUT2D eigenvalue weighted by atomic mass is 19.1. The van der Waals surface area contributed by atoms with Crippen molar-refractivity contribution >= 4 is 0 Å². The number of morpholine rings is 1. The van der Waals surface area contributed by atoms with Gasteiger partial charge in [0.1, 0.15) is 5.82 Å². The van der Waals surface area contributed by atoms with Crippen molar-refractivity contribution in [3.63, 3.8) is 0 Å². The molecule has 0 radical (unpaired) electrons. The van der Waals surface area contributed by atoms with Crippen LogP contribution in [0.5, 0.6) is 5.75 Å². The number of halogens is 2. The molecule has 2 aliphatic heterocycles. The molecule has 3 rings (SSSR count). The first-order valence-corrected chi connectivity index (χ1v) is 5.73. The normalized spacial score (nSPS) is 23.3. The highest BCUT2D eigenvalue weighted by Gasteiger charge is 2.29. The van der Waals surface area contributed by atoms with Crippen molar-refractivity contribution in [2.24, 2.45) is 0 Å². The highest BCUT2D eigenvalue weighted by Crippen LogP contribution is 2.37. The third-order valence-electron chi connectivity index (χ3n) is 3.17. The minimum absolute atomic E-state index is 0.190. The summed E-state index contributed by atoms with van der Waals surface area (Å²) in [5.74, 6) is -0.974. The Bertz CT molecular complexity index is 445. The Hall–Kier alpha value is -1.20. The van der Waals surface area contributed by atoms with E-state index in [-0.39, 0.29) is 11.9 Å². The average molecular weight is 241 g/mol. The molecular formula is C12H13F2NO2. The second-order valence-corrected chi connectivity index (χ2v) is 4.22. The van der Waals surface area contributed by atoms with Crippen molar-refractivity contribution in [1.82, 2.24) is 5.32 Å². The zero-order valence-electron chi connectivity index (χ0n) is 9.26. The summed E-state index contributed by atoms with van der Waals surface area (Å²) in [6, 6.07) is 0.886. The van der Waals surface area contributed by atoms with Crippen LogP contribution in [0, 0.1) is 11.6 Å². The van der Waals surface area contributed by atoms with E-state index in [4.69, 9.17) is 9.47 Å². The molecule has 1 saturated heterocycles. The first kappa shape index (κ1) is 10.9. The summed E-state index contributed by atoms with van der Waals surface area (Å²) < 4.78 is 38.1. The van der Waals surface area contributed by atoms with Gasteiger partial charge in [0.2, 0.25) is 0 Å². The fraction of sp³-hybridized carbons (Fsp3) is 0.500. The van der Waals surface area contributed by atoms with Gasteiger partial charge in [0, 0.05) is 36.7 Å². The summed E-state index contributed by atoms with van der Waals surface area (Å²) in [4.78, 5) is 0. The standard InChI is InChI=1S/C12H13F2NO2/c13-8-5-9(14)12-7(1-3-17-12)11(8)10-6-15-2-4-16-10/h5,10,15H,1-4,6H2. The van der Waals surface area contributed by atoms with Crippen LogP contribution in [-0.2, 0) is 11.2 Å². The molecule has 92 valence electrons. The number of nitrogens with one attached hydrogen (secondary N) is 1. The van der Waals surface area contributed by atoms with Crippen LogP contribution in [0.4, 0.5) is 8.78 Å². The van der Waals surface area contributed by atoms with Crippen molar-refractivity contribution in [2.75, 3.05) is 26.3 Å². The van der Waals surface area contributed by atoms with Gasteiger partial charge in [-0.1, -0.05) is 0 Å². The lowest BCUT2D eigenvalue weighted by molar-refractivity contribution is 0.0250. The summed E-state index contributed by atoms with van der Waals surface area (Å²) in [6.45, 7) is 2.26. The molecule has 0 spiro atoms. The Morgan fingerprint density at radius 2 is 2.12 bits per heavy atom. The molecule has 0 saturated carbocycles. The van der Waals surface area contributed by atoms with Crippen molar-refractivity contribution in [2.45, 2.75) is 12.5 Å². The predicted octanol–water partition coefficient (Wildman–Crippen LogP) is 1.56. The van der Waals surface area contributed by atoms with Crippen LogP contribution in [0.1, 0.15) is 17.2 Å². The molecule has 1 atom stereocenters. The van der Waals surface area contributed by atoms with Crippen LogP contribution in [0.2, 0.25) is 0 Å². The largest absolute Gasteiger partial charge is 0.490 e. The number of hydrogen-bond acceptors (Lipinski definition) is 3. The first-order chi connectivity index (χ1) is 8.27. The highest BCUT2D eigenvalue weighted by molar-refractivity contribution is 5.46. The summed E-state index contributed by atoms with van der Waals surface area (Å²) in [5, 5.41) is 3.14. The number of benzene rings is 1. The van der Waals surface area contributed by atoms with Gasteiger partial charge in [-0.05, 0) is 0 Å². The van der Waals surface area contributed by atoms with Crippen LogP contribution in [-0.4, -0.2) is 26.3 Å². The van der Waals surface area contributed by atoms with Crippen molar-refractivity contribution < 1.29 is 18.3 Å². The fourth-order valence-corrected chi connectivity index (χ4v) is 2.42. The minimum Gasteiger partial charge on any atom is -0.490 e. The summed E-state index contributed by atoms with van der Waals surface area (Å²) in [7, 11) is 0. The van der Waals surface area contributed by atoms with E-state index in [0.29, 0.717) is 37.3 Å². The molecule has 5 heteroatoms. The molecular weight excluding hydrogens is 228 g/mol. The molecule has 2 heterocycles. The Labute approximate surface area is 97.7 Å². The predicted molar refractivity (Wildman–Crippen MR) is 57.1 cm³/mol. The quantitative estimate of drug-likeness (QED) is 0.809. The molecule has 1 N–H and O–H groups in total. The molecule has 0 aromatic heterocycles. The average Bonchev–Trinajstić information content (AvgIpc) is 2.79. The van der Waals surface area contributed by atoms with E-state index in [0.717, 1.165) is 12.6 Å². The lowest BCUT2D eigenvalue weighted by Gasteiger charge is -2.25. The molecule has 0 aliphatic carbocycles. The van der Waals surface area contributed by atoms with E-state index in [1.807, 2.05) is 0 Å². The molecule has 1 unspecified atom stereocenters. The van der Waals surface area contributed by atoms with Gasteiger partial charge in [0.05, 0.1) is 19.3 Å². The second kappa shape index (κ2) is 4.23. The van der Waals surface area contributed by atoms with Crippen LogP contribution in [0.25, 0.3) is 0 Å². The third kappa shape index (κ3) is 1.79. The SMILES string of the molecule is Fc1cc(F)c(C2CNCCO2)c2c1OCC2. The molecule has 1 fully saturated rings. The third-order valence-corrected chi connectivity index (χ3v) is 3.17. The van der Waals surface area contributed by atoms with Gasteiger partial charge >= 0.3 is 0 Å². The topological polar surface area (TPSA) is 30.5 Å². The first-order valence-electron chi connectivity index (χ1n) is 5.73. The maximum atomic E-state index is 13.9. The molecule has 1 aromatic carbocycles. The smallest absolute Gasteiger partial charge is 0.168 e. The molecule has 2 aliphatic rings. The van der Waals surface area contributed by atoms with Gasteiger partial charge < -0.3 is 14.8 Å². The van der Waals surface area contributed by atoms with E-state index in [2.05, 4.69) is 5.32 Å². The van der Waals surface area contributed by atoms with Crippen LogP contribution < -0.4 is 10.1 Å². The van der Waals surface area contributed by atoms with Crippen molar-refractivity contribution in [1.29, 1.82) is 0 Å². The Morgan fingerprint density at radius 3 is 2.88 bits per heavy atom. The molecule has 0 amide bonds. The lowest BCUT2D eigenvalue weighted by Crippen LogP contribution is -2.34. The van der Waals surface area contributed by atoms with Crippen molar-refractivity contribution in [3.05, 3.63) is 28.8 Å². The maximum Gasteiger partial charge on any atom is 0.168 e. The number of ether oxygens (including phenoxy) is 2. The zero-order chi connectivity index (χ0) is 11.8. The van der Waals surface area contributed by atoms with Crippen LogP contribution >= 0.6 is 0 Å². The monoisotopic (exact) mass is 241 g/mol. The number of rotatable bonds is 1. The molecule has 3 nitrogen and oxygen atoms in total. The second-order valence-electron chi connectivity index (χ2n) is 4.22. The van der Waals surface area contributed by atoms with E-state index < -0.39 is 11.6 Å². The van der Waals surface area contributed by atoms with Gasteiger partial charge in [0.25, 0.3) is 0 Å². The Balaban J connectivity index is 2.06. The van der Waals surface area contributed by atoms with E-state index >= 15 is 0 Å². The molecule has 17 heavy (non-hydrogen) atoms. The van der Waals surface area contributed by atoms with Gasteiger partial charge in [-0.2, -0.15) is 0 Å². The van der Waals surface area contributed by atoms with E-state index in [9.17, 15) is 8.78 Å². The number of hydrogen-bond donors (Lipinski definition) is 1. The van der Waals surface area contributed by atoms with E-state index in [1.54, 1.807) is 0 Å². The summed E-state index contributed by atoms with van der Waals surface area (Å²) in [6.07, 6.45) is 0.193. The summed E-state index contributed by atoms with van der Waals surface area (Å²) in [5.41, 5.74) is 1.07. The van der Waals surface area contributed by atoms with Crippen LogP contribution in [0.15, 0.2) is 6.07 Å². The number of fused-ring (bicyclic) bond motifs is 1. The molecule has 1 aromatic rings. The van der Waals surface area contributed by atoms with Crippen molar-refractivity contribution in [3.8, 4) is 5.75 Å². The van der Waals surface area contributed by atoms with E-state index in [1.165, 1.54) is 0 Å². The Kier molecular flexibility index (Phi) is 2.72. The Morgan fingerprint density at radius 1 is 1.24 bits per heavy atom. The zero-order valence-corrected chi connectivity index (χ0v) is 9.26. The summed E-state index contributed by atoms with van der Waals surface area (Å²) >= 11 is 0. The lowest BCUT2D eigenvalue weighted by atomic mass is 9.98. The minimum atomic E-state index is -0.623. The van der Waals surface area contributed by atoms with Crippen LogP contribution in [0.3, 0.4) is 0 Å². The maximum absolute atomic E-state index is 13.9. The van der Waals surface area contributed by atoms with Gasteiger partial charge in [-0.15, -0.1) is 0 Å². The van der Waals surface area contributed by atoms with Gasteiger partial charge in [-0.3, -0.25) is 0 Å². The van der Waals surface area contributed by atoms with Gasteiger partial charge in [-0.25, -0.2) is 8.78 Å². The molecule has 0 bridgehead atoms. The fourth-order valence-electron chi connectivity index (χ4n) is 2.42.